The summed E-state index contributed by atoms with van der Waals surface area (Å²) >= 11 is 0. The summed E-state index contributed by atoms with van der Waals surface area (Å²) < 4.78 is 28.9. The van der Waals surface area contributed by atoms with E-state index >= 15 is 0 Å². The molecule has 6 nitrogen and oxygen atoms in total. The maximum Gasteiger partial charge on any atom is 0.257 e. The van der Waals surface area contributed by atoms with Gasteiger partial charge in [-0.15, -0.1) is 0 Å². The van der Waals surface area contributed by atoms with Gasteiger partial charge in [0.25, 0.3) is 5.91 Å². The van der Waals surface area contributed by atoms with Gasteiger partial charge in [-0.05, 0) is 12.1 Å². The third kappa shape index (κ3) is 3.12. The molecule has 24 heavy (non-hydrogen) atoms. The lowest BCUT2D eigenvalue weighted by atomic mass is 10.1. The molecule has 122 valence electrons. The van der Waals surface area contributed by atoms with Crippen molar-refractivity contribution < 1.29 is 13.6 Å². The molecule has 1 N–H and O–H groups in total. The van der Waals surface area contributed by atoms with E-state index in [0.717, 1.165) is 17.7 Å². The molecule has 2 heterocycles. The van der Waals surface area contributed by atoms with Crippen molar-refractivity contribution >= 4 is 5.91 Å². The van der Waals surface area contributed by atoms with Gasteiger partial charge in [-0.3, -0.25) is 19.4 Å². The summed E-state index contributed by atoms with van der Waals surface area (Å²) in [5.74, 6) is -2.69. The van der Waals surface area contributed by atoms with Crippen molar-refractivity contribution in [3.63, 3.8) is 0 Å². The van der Waals surface area contributed by atoms with E-state index in [0.29, 0.717) is 11.4 Å². The molecule has 0 aliphatic rings. The molecule has 2 aromatic heterocycles. The molecule has 1 amide bonds. The monoisotopic (exact) mass is 329 g/mol. The summed E-state index contributed by atoms with van der Waals surface area (Å²) in [5, 5.41) is 6.53. The first kappa shape index (κ1) is 15.7. The van der Waals surface area contributed by atoms with Crippen LogP contribution >= 0.6 is 0 Å². The second-order valence-electron chi connectivity index (χ2n) is 5.03. The van der Waals surface area contributed by atoms with Gasteiger partial charge in [-0.25, -0.2) is 8.78 Å². The fourth-order valence-corrected chi connectivity index (χ4v) is 2.25. The Balaban J connectivity index is 1.82. The van der Waals surface area contributed by atoms with Gasteiger partial charge in [0.15, 0.2) is 0 Å². The number of benzene rings is 1. The molecule has 3 rings (SSSR count). The Morgan fingerprint density at radius 2 is 1.92 bits per heavy atom. The molecule has 3 aromatic rings. The van der Waals surface area contributed by atoms with Crippen molar-refractivity contribution in [2.45, 2.75) is 6.54 Å². The maximum absolute atomic E-state index is 13.6. The van der Waals surface area contributed by atoms with Crippen LogP contribution in [-0.2, 0) is 13.6 Å². The molecule has 0 unspecified atom stereocenters. The lowest BCUT2D eigenvalue weighted by molar-refractivity contribution is 0.0942. The Bertz CT molecular complexity index is 873. The van der Waals surface area contributed by atoms with Crippen LogP contribution in [0.3, 0.4) is 0 Å². The standard InChI is InChI=1S/C16H13F2N5O/c1-23-9-10(7-22-23)15-13(19-5-6-20-15)8-21-16(24)14-11(17)3-2-4-12(14)18/h2-7,9H,8H2,1H3,(H,21,24). The normalized spacial score (nSPS) is 10.6. The predicted molar refractivity (Wildman–Crippen MR) is 81.8 cm³/mol. The van der Waals surface area contributed by atoms with Crippen molar-refractivity contribution in [2.75, 3.05) is 0 Å². The Morgan fingerprint density at radius 1 is 1.21 bits per heavy atom. The fourth-order valence-electron chi connectivity index (χ4n) is 2.25. The van der Waals surface area contributed by atoms with Crippen molar-refractivity contribution in [3.8, 4) is 11.3 Å². The average Bonchev–Trinajstić information content (AvgIpc) is 2.99. The van der Waals surface area contributed by atoms with E-state index in [1.165, 1.54) is 18.5 Å². The number of halogens is 2. The van der Waals surface area contributed by atoms with Gasteiger partial charge < -0.3 is 5.32 Å². The number of carbonyl (C=O) groups is 1. The molecule has 8 heteroatoms. The minimum atomic E-state index is -0.917. The van der Waals surface area contributed by atoms with Crippen LogP contribution in [0.15, 0.2) is 43.0 Å². The first-order valence-electron chi connectivity index (χ1n) is 7.07. The minimum Gasteiger partial charge on any atom is -0.346 e. The summed E-state index contributed by atoms with van der Waals surface area (Å²) in [5.41, 5.74) is 1.12. The van der Waals surface area contributed by atoms with E-state index in [1.54, 1.807) is 24.1 Å². The highest BCUT2D eigenvalue weighted by molar-refractivity contribution is 5.94. The van der Waals surface area contributed by atoms with Gasteiger partial charge in [-0.1, -0.05) is 6.07 Å². The first-order chi connectivity index (χ1) is 11.6. The number of nitrogens with one attached hydrogen (secondary N) is 1. The summed E-state index contributed by atoms with van der Waals surface area (Å²) in [4.78, 5) is 20.5. The number of hydrogen-bond donors (Lipinski definition) is 1. The van der Waals surface area contributed by atoms with Gasteiger partial charge in [0, 0.05) is 31.2 Å². The largest absolute Gasteiger partial charge is 0.346 e. The van der Waals surface area contributed by atoms with Gasteiger partial charge in [0.1, 0.15) is 17.2 Å². The zero-order valence-electron chi connectivity index (χ0n) is 12.7. The highest BCUT2D eigenvalue weighted by Crippen LogP contribution is 2.19. The zero-order chi connectivity index (χ0) is 17.1. The van der Waals surface area contributed by atoms with E-state index in [9.17, 15) is 13.6 Å². The molecule has 0 radical (unpaired) electrons. The number of hydrogen-bond acceptors (Lipinski definition) is 4. The number of nitrogens with zero attached hydrogens (tertiary/aromatic N) is 4. The molecule has 0 fully saturated rings. The molecule has 0 atom stereocenters. The summed E-state index contributed by atoms with van der Waals surface area (Å²) in [6.07, 6.45) is 6.37. The smallest absolute Gasteiger partial charge is 0.257 e. The van der Waals surface area contributed by atoms with E-state index in [-0.39, 0.29) is 6.54 Å². The SMILES string of the molecule is Cn1cc(-c2nccnc2CNC(=O)c2c(F)cccc2F)cn1. The Kier molecular flexibility index (Phi) is 4.28. The summed E-state index contributed by atoms with van der Waals surface area (Å²) in [7, 11) is 1.77. The molecule has 1 aromatic carbocycles. The molecule has 0 bridgehead atoms. The van der Waals surface area contributed by atoms with Gasteiger partial charge in [0.2, 0.25) is 0 Å². The number of amides is 1. The van der Waals surface area contributed by atoms with Crippen molar-refractivity contribution in [1.29, 1.82) is 0 Å². The van der Waals surface area contributed by atoms with Crippen molar-refractivity contribution in [2.24, 2.45) is 7.05 Å². The van der Waals surface area contributed by atoms with Crippen LogP contribution in [0.25, 0.3) is 11.3 Å². The maximum atomic E-state index is 13.6. The molecular formula is C16H13F2N5O. The second-order valence-corrected chi connectivity index (χ2v) is 5.03. The molecular weight excluding hydrogens is 316 g/mol. The second kappa shape index (κ2) is 6.53. The molecule has 0 spiro atoms. The molecule has 0 aliphatic carbocycles. The minimum absolute atomic E-state index is 0.0231. The quantitative estimate of drug-likeness (QED) is 0.795. The fraction of sp³-hybridized carbons (Fsp3) is 0.125. The van der Waals surface area contributed by atoms with E-state index < -0.39 is 23.1 Å². The highest BCUT2D eigenvalue weighted by Gasteiger charge is 2.18. The van der Waals surface area contributed by atoms with Gasteiger partial charge in [-0.2, -0.15) is 5.10 Å². The number of carbonyl (C=O) groups excluding carboxylic acids is 1. The van der Waals surface area contributed by atoms with Crippen LogP contribution in [0.4, 0.5) is 8.78 Å². The van der Waals surface area contributed by atoms with Gasteiger partial charge in [0.05, 0.1) is 24.1 Å². The van der Waals surface area contributed by atoms with Crippen LogP contribution in [-0.4, -0.2) is 25.7 Å². The van der Waals surface area contributed by atoms with Crippen LogP contribution < -0.4 is 5.32 Å². The summed E-state index contributed by atoms with van der Waals surface area (Å²) in [6.45, 7) is -0.0231. The third-order valence-electron chi connectivity index (χ3n) is 3.36. The Morgan fingerprint density at radius 3 is 2.58 bits per heavy atom. The molecule has 0 aliphatic heterocycles. The van der Waals surface area contributed by atoms with Crippen LogP contribution in [0.2, 0.25) is 0 Å². The van der Waals surface area contributed by atoms with Crippen LogP contribution in [0.5, 0.6) is 0 Å². The highest BCUT2D eigenvalue weighted by atomic mass is 19.1. The lowest BCUT2D eigenvalue weighted by Gasteiger charge is -2.09. The average molecular weight is 329 g/mol. The van der Waals surface area contributed by atoms with E-state index in [1.807, 2.05) is 0 Å². The lowest BCUT2D eigenvalue weighted by Crippen LogP contribution is -2.26. The molecule has 0 saturated heterocycles. The first-order valence-corrected chi connectivity index (χ1v) is 7.07. The Hall–Kier alpha value is -3.16. The van der Waals surface area contributed by atoms with Crippen LogP contribution in [0.1, 0.15) is 16.1 Å². The van der Waals surface area contributed by atoms with E-state index in [2.05, 4.69) is 20.4 Å². The predicted octanol–water partition coefficient (Wildman–Crippen LogP) is 2.09. The van der Waals surface area contributed by atoms with Crippen molar-refractivity contribution in [3.05, 3.63) is 65.9 Å². The third-order valence-corrected chi connectivity index (χ3v) is 3.36. The topological polar surface area (TPSA) is 72.7 Å². The molecule has 0 saturated carbocycles. The Labute approximate surface area is 136 Å². The number of aromatic nitrogens is 4. The zero-order valence-corrected chi connectivity index (χ0v) is 12.7. The number of rotatable bonds is 4. The van der Waals surface area contributed by atoms with Crippen molar-refractivity contribution in [1.82, 2.24) is 25.1 Å². The van der Waals surface area contributed by atoms with Crippen LogP contribution in [0, 0.1) is 11.6 Å². The summed E-state index contributed by atoms with van der Waals surface area (Å²) in [6, 6.07) is 3.26. The van der Waals surface area contributed by atoms with Gasteiger partial charge >= 0.3 is 0 Å². The van der Waals surface area contributed by atoms with E-state index in [4.69, 9.17) is 0 Å². The number of aryl methyl sites for hydroxylation is 1.